The number of fused-ring (bicyclic) bond motifs is 1. The molecule has 0 atom stereocenters. The molecule has 0 aromatic carbocycles. The quantitative estimate of drug-likeness (QED) is 0.703. The minimum atomic E-state index is 0.0992. The molecule has 1 aliphatic heterocycles. The van der Waals surface area contributed by atoms with Gasteiger partial charge in [0.2, 0.25) is 0 Å². The third-order valence-corrected chi connectivity index (χ3v) is 3.61. The summed E-state index contributed by atoms with van der Waals surface area (Å²) in [5, 5.41) is 2.02. The van der Waals surface area contributed by atoms with Crippen LogP contribution in [-0.4, -0.2) is 10.4 Å². The van der Waals surface area contributed by atoms with Crippen molar-refractivity contribution in [2.75, 3.05) is 0 Å². The topological polar surface area (TPSA) is 22.0 Å². The van der Waals surface area contributed by atoms with Gasteiger partial charge in [-0.15, -0.1) is 11.3 Å². The van der Waals surface area contributed by atoms with Gasteiger partial charge >= 0.3 is 0 Å². The Hall–Kier alpha value is -1.87. The first-order valence-corrected chi connectivity index (χ1v) is 6.32. The highest BCUT2D eigenvalue weighted by atomic mass is 32.1. The van der Waals surface area contributed by atoms with Gasteiger partial charge in [0.25, 0.3) is 0 Å². The van der Waals surface area contributed by atoms with Crippen LogP contribution >= 0.6 is 11.3 Å². The van der Waals surface area contributed by atoms with E-state index in [1.54, 1.807) is 17.4 Å². The van der Waals surface area contributed by atoms with E-state index in [1.165, 1.54) is 0 Å². The van der Waals surface area contributed by atoms with E-state index in [1.807, 2.05) is 48.0 Å². The summed E-state index contributed by atoms with van der Waals surface area (Å²) in [6.45, 7) is 0.645. The Morgan fingerprint density at radius 3 is 3.00 bits per heavy atom. The Labute approximate surface area is 104 Å². The number of ketones is 1. The van der Waals surface area contributed by atoms with Gasteiger partial charge in [0.15, 0.2) is 5.78 Å². The predicted molar refractivity (Wildman–Crippen MR) is 70.8 cm³/mol. The zero-order valence-corrected chi connectivity index (χ0v) is 9.98. The fraction of sp³-hybridized carbons (Fsp3) is 0.0714. The van der Waals surface area contributed by atoms with Crippen LogP contribution < -0.4 is 0 Å². The molecule has 84 valence electrons. The van der Waals surface area contributed by atoms with Gasteiger partial charge < -0.3 is 4.57 Å². The van der Waals surface area contributed by atoms with Crippen molar-refractivity contribution in [3.63, 3.8) is 0 Å². The molecule has 0 amide bonds. The van der Waals surface area contributed by atoms with Gasteiger partial charge in [-0.05, 0) is 41.8 Å². The van der Waals surface area contributed by atoms with Crippen molar-refractivity contribution in [2.45, 2.75) is 6.54 Å². The van der Waals surface area contributed by atoms with E-state index in [-0.39, 0.29) is 5.78 Å². The number of hydrogen-bond acceptors (Lipinski definition) is 2. The minimum absolute atomic E-state index is 0.0992. The molecule has 0 unspecified atom stereocenters. The van der Waals surface area contributed by atoms with Crippen molar-refractivity contribution in [3.8, 4) is 0 Å². The lowest BCUT2D eigenvalue weighted by Gasteiger charge is -2.05. The summed E-state index contributed by atoms with van der Waals surface area (Å²) in [5.41, 5.74) is 1.91. The molecule has 3 rings (SSSR count). The van der Waals surface area contributed by atoms with Crippen LogP contribution in [0.15, 0.2) is 47.5 Å². The molecule has 2 nitrogen and oxygen atoms in total. The second-order valence-electron chi connectivity index (χ2n) is 3.94. The third kappa shape index (κ3) is 2.01. The normalized spacial score (nSPS) is 17.2. The summed E-state index contributed by atoms with van der Waals surface area (Å²) >= 11 is 1.65. The van der Waals surface area contributed by atoms with E-state index in [0.717, 1.165) is 16.1 Å². The summed E-state index contributed by atoms with van der Waals surface area (Å²) in [7, 11) is 0. The van der Waals surface area contributed by atoms with Crippen LogP contribution in [0.25, 0.3) is 12.2 Å². The van der Waals surface area contributed by atoms with Gasteiger partial charge in [0.05, 0.1) is 6.54 Å². The standard InChI is InChI=1S/C14H11NOS/c16-14-6-5-12-3-1-7-15(12)10-11(14)9-13-4-2-8-17-13/h1-9H,10H2/b11-9-. The van der Waals surface area contributed by atoms with Gasteiger partial charge in [0.1, 0.15) is 0 Å². The maximum Gasteiger partial charge on any atom is 0.183 e. The molecule has 3 heterocycles. The fourth-order valence-electron chi connectivity index (χ4n) is 1.91. The number of rotatable bonds is 1. The number of carbonyl (C=O) groups is 1. The molecule has 0 fully saturated rings. The van der Waals surface area contributed by atoms with E-state index < -0.39 is 0 Å². The number of nitrogens with zero attached hydrogens (tertiary/aromatic N) is 1. The first-order chi connectivity index (χ1) is 8.33. The second-order valence-corrected chi connectivity index (χ2v) is 4.92. The lowest BCUT2D eigenvalue weighted by Crippen LogP contribution is -2.05. The molecule has 0 radical (unpaired) electrons. The molecule has 0 bridgehead atoms. The molecule has 1 aliphatic rings. The van der Waals surface area contributed by atoms with E-state index in [9.17, 15) is 4.79 Å². The van der Waals surface area contributed by atoms with Crippen molar-refractivity contribution < 1.29 is 4.79 Å². The van der Waals surface area contributed by atoms with Gasteiger partial charge in [-0.1, -0.05) is 6.07 Å². The van der Waals surface area contributed by atoms with Crippen LogP contribution in [0.2, 0.25) is 0 Å². The average molecular weight is 241 g/mol. The Morgan fingerprint density at radius 1 is 1.24 bits per heavy atom. The first-order valence-electron chi connectivity index (χ1n) is 5.44. The lowest BCUT2D eigenvalue weighted by molar-refractivity contribution is -0.111. The average Bonchev–Trinajstić information content (AvgIpc) is 2.94. The largest absolute Gasteiger partial charge is 0.343 e. The van der Waals surface area contributed by atoms with Crippen molar-refractivity contribution in [1.29, 1.82) is 0 Å². The highest BCUT2D eigenvalue weighted by Crippen LogP contribution is 2.19. The molecule has 0 N–H and O–H groups in total. The highest BCUT2D eigenvalue weighted by molar-refractivity contribution is 7.10. The molecule has 2 aromatic heterocycles. The maximum absolute atomic E-state index is 11.9. The molecular weight excluding hydrogens is 230 g/mol. The van der Waals surface area contributed by atoms with Gasteiger partial charge in [-0.3, -0.25) is 4.79 Å². The number of aromatic nitrogens is 1. The summed E-state index contributed by atoms with van der Waals surface area (Å²) in [4.78, 5) is 13.1. The smallest absolute Gasteiger partial charge is 0.183 e. The molecular formula is C14H11NOS. The number of carbonyl (C=O) groups excluding carboxylic acids is 1. The van der Waals surface area contributed by atoms with Gasteiger partial charge in [-0.2, -0.15) is 0 Å². The van der Waals surface area contributed by atoms with Crippen LogP contribution in [0, 0.1) is 0 Å². The molecule has 0 saturated heterocycles. The molecule has 3 heteroatoms. The highest BCUT2D eigenvalue weighted by Gasteiger charge is 2.12. The molecule has 0 spiro atoms. The minimum Gasteiger partial charge on any atom is -0.343 e. The zero-order valence-electron chi connectivity index (χ0n) is 9.17. The maximum atomic E-state index is 11.9. The predicted octanol–water partition coefficient (Wildman–Crippen LogP) is 3.23. The summed E-state index contributed by atoms with van der Waals surface area (Å²) in [5.74, 6) is 0.0992. The van der Waals surface area contributed by atoms with Gasteiger partial charge in [0, 0.05) is 22.3 Å². The van der Waals surface area contributed by atoms with E-state index in [0.29, 0.717) is 6.54 Å². The van der Waals surface area contributed by atoms with Crippen LogP contribution in [0.4, 0.5) is 0 Å². The van der Waals surface area contributed by atoms with Crippen molar-refractivity contribution in [2.24, 2.45) is 0 Å². The van der Waals surface area contributed by atoms with Crippen molar-refractivity contribution in [3.05, 3.63) is 58.1 Å². The Kier molecular flexibility index (Phi) is 2.53. The first kappa shape index (κ1) is 10.3. The summed E-state index contributed by atoms with van der Waals surface area (Å²) in [6.07, 6.45) is 7.50. The van der Waals surface area contributed by atoms with Crippen molar-refractivity contribution >= 4 is 29.3 Å². The Bertz CT molecular complexity index is 602. The van der Waals surface area contributed by atoms with Crippen LogP contribution in [-0.2, 0) is 11.3 Å². The second kappa shape index (κ2) is 4.18. The fourth-order valence-corrected chi connectivity index (χ4v) is 2.60. The third-order valence-electron chi connectivity index (χ3n) is 2.79. The number of allylic oxidation sites excluding steroid dienone is 2. The van der Waals surface area contributed by atoms with Crippen LogP contribution in [0.1, 0.15) is 10.6 Å². The molecule has 17 heavy (non-hydrogen) atoms. The molecule has 0 aliphatic carbocycles. The molecule has 0 saturated carbocycles. The lowest BCUT2D eigenvalue weighted by atomic mass is 10.1. The monoisotopic (exact) mass is 241 g/mol. The van der Waals surface area contributed by atoms with Crippen LogP contribution in [0.5, 0.6) is 0 Å². The number of hydrogen-bond donors (Lipinski definition) is 0. The van der Waals surface area contributed by atoms with E-state index >= 15 is 0 Å². The summed E-state index contributed by atoms with van der Waals surface area (Å²) in [6, 6.07) is 8.03. The molecule has 2 aromatic rings. The summed E-state index contributed by atoms with van der Waals surface area (Å²) < 4.78 is 2.08. The Morgan fingerprint density at radius 2 is 2.18 bits per heavy atom. The van der Waals surface area contributed by atoms with E-state index in [4.69, 9.17) is 0 Å². The van der Waals surface area contributed by atoms with Crippen molar-refractivity contribution in [1.82, 2.24) is 4.57 Å². The SMILES string of the molecule is O=C1C=Cc2cccn2C/C1=C/c1cccs1. The Balaban J connectivity index is 2.02. The zero-order chi connectivity index (χ0) is 11.7. The number of thiophene rings is 1. The van der Waals surface area contributed by atoms with Gasteiger partial charge in [-0.25, -0.2) is 0 Å². The van der Waals surface area contributed by atoms with E-state index in [2.05, 4.69) is 4.57 Å². The van der Waals surface area contributed by atoms with Crippen LogP contribution in [0.3, 0.4) is 0 Å².